The van der Waals surface area contributed by atoms with Gasteiger partial charge >= 0.3 is 6.03 Å². The maximum Gasteiger partial charge on any atom is 0.322 e. The summed E-state index contributed by atoms with van der Waals surface area (Å²) < 4.78 is 6.95. The molecule has 0 spiro atoms. The van der Waals surface area contributed by atoms with Crippen molar-refractivity contribution < 1.29 is 14.3 Å². The fraction of sp³-hybridized carbons (Fsp3) is 0.370. The summed E-state index contributed by atoms with van der Waals surface area (Å²) in [4.78, 5) is 27.4. The highest BCUT2D eigenvalue weighted by Crippen LogP contribution is 2.27. The maximum absolute atomic E-state index is 13.0. The molecule has 0 aliphatic rings. The number of aromatic nitrogens is 2. The van der Waals surface area contributed by atoms with Gasteiger partial charge in [0.2, 0.25) is 5.91 Å². The lowest BCUT2D eigenvalue weighted by Gasteiger charge is -2.22. The van der Waals surface area contributed by atoms with Gasteiger partial charge in [-0.1, -0.05) is 45.9 Å². The van der Waals surface area contributed by atoms with Crippen LogP contribution in [0.5, 0.6) is 5.75 Å². The number of urea groups is 1. The van der Waals surface area contributed by atoms with Crippen molar-refractivity contribution in [2.24, 2.45) is 0 Å². The molecule has 0 bridgehead atoms. The molecule has 3 aromatic rings. The van der Waals surface area contributed by atoms with Gasteiger partial charge in [-0.3, -0.25) is 4.79 Å². The summed E-state index contributed by atoms with van der Waals surface area (Å²) >= 11 is 0. The molecule has 8 heteroatoms. The van der Waals surface area contributed by atoms with Crippen molar-refractivity contribution in [2.75, 3.05) is 30.8 Å². The van der Waals surface area contributed by atoms with Crippen molar-refractivity contribution in [3.63, 3.8) is 0 Å². The van der Waals surface area contributed by atoms with Gasteiger partial charge in [0.05, 0.1) is 18.5 Å². The topological polar surface area (TPSA) is 88.5 Å². The Hall–Kier alpha value is -3.81. The van der Waals surface area contributed by atoms with E-state index in [1.165, 1.54) is 4.90 Å². The Labute approximate surface area is 207 Å². The van der Waals surface area contributed by atoms with Gasteiger partial charge in [0.1, 0.15) is 18.1 Å². The summed E-state index contributed by atoms with van der Waals surface area (Å²) in [5.74, 6) is 0.968. The monoisotopic (exact) mass is 477 g/mol. The number of benzene rings is 2. The maximum atomic E-state index is 13.0. The van der Waals surface area contributed by atoms with Gasteiger partial charge in [-0.25, -0.2) is 9.48 Å². The van der Waals surface area contributed by atoms with Crippen LogP contribution < -0.4 is 15.4 Å². The summed E-state index contributed by atoms with van der Waals surface area (Å²) in [7, 11) is 1.61. The van der Waals surface area contributed by atoms with Crippen LogP contribution in [0.25, 0.3) is 5.69 Å². The summed E-state index contributed by atoms with van der Waals surface area (Å²) in [5.41, 5.74) is 3.22. The van der Waals surface area contributed by atoms with E-state index in [0.717, 1.165) is 34.8 Å². The first-order valence-corrected chi connectivity index (χ1v) is 11.8. The third-order valence-corrected chi connectivity index (χ3v) is 5.71. The Morgan fingerprint density at radius 1 is 1.03 bits per heavy atom. The smallest absolute Gasteiger partial charge is 0.322 e. The van der Waals surface area contributed by atoms with Gasteiger partial charge < -0.3 is 20.3 Å². The van der Waals surface area contributed by atoms with Crippen molar-refractivity contribution >= 4 is 23.4 Å². The van der Waals surface area contributed by atoms with Crippen LogP contribution in [0, 0.1) is 0 Å². The van der Waals surface area contributed by atoms with Crippen LogP contribution in [0.3, 0.4) is 0 Å². The molecule has 3 rings (SSSR count). The largest absolute Gasteiger partial charge is 0.497 e. The molecule has 186 valence electrons. The number of carbonyl (C=O) groups excluding carboxylic acids is 2. The number of hydrogen-bond acceptors (Lipinski definition) is 4. The first-order valence-electron chi connectivity index (χ1n) is 11.8. The molecule has 0 saturated heterocycles. The Morgan fingerprint density at radius 3 is 2.31 bits per heavy atom. The second-order valence-electron chi connectivity index (χ2n) is 9.28. The molecule has 1 aromatic heterocycles. The highest BCUT2D eigenvalue weighted by Gasteiger charge is 2.23. The minimum atomic E-state index is -0.317. The molecule has 35 heavy (non-hydrogen) atoms. The fourth-order valence-electron chi connectivity index (χ4n) is 3.58. The number of nitrogens with one attached hydrogen (secondary N) is 2. The Balaban J connectivity index is 1.78. The first kappa shape index (κ1) is 25.8. The number of amides is 3. The SMILES string of the molecule is CCc1ccccc1NC(=O)N(CC)CC(=O)Nc1cc(C(C)(C)C)nn1-c1ccc(OC)cc1. The number of nitrogens with zero attached hydrogens (tertiary/aromatic N) is 3. The van der Waals surface area contributed by atoms with E-state index < -0.39 is 0 Å². The van der Waals surface area contributed by atoms with Gasteiger partial charge in [0, 0.05) is 23.7 Å². The van der Waals surface area contributed by atoms with Gasteiger partial charge in [0.15, 0.2) is 0 Å². The fourth-order valence-corrected chi connectivity index (χ4v) is 3.58. The predicted molar refractivity (Wildman–Crippen MR) is 140 cm³/mol. The van der Waals surface area contributed by atoms with Crippen LogP contribution in [-0.4, -0.2) is 46.8 Å². The predicted octanol–water partition coefficient (Wildman–Crippen LogP) is 5.23. The highest BCUT2D eigenvalue weighted by molar-refractivity contribution is 5.97. The van der Waals surface area contributed by atoms with Crippen molar-refractivity contribution in [1.82, 2.24) is 14.7 Å². The lowest BCUT2D eigenvalue weighted by atomic mass is 9.92. The van der Waals surface area contributed by atoms with Crippen LogP contribution in [0.1, 0.15) is 45.9 Å². The number of carbonyl (C=O) groups is 2. The van der Waals surface area contributed by atoms with Crippen LogP contribution in [0.15, 0.2) is 54.6 Å². The van der Waals surface area contributed by atoms with Crippen molar-refractivity contribution in [1.29, 1.82) is 0 Å². The summed E-state index contributed by atoms with van der Waals surface area (Å²) in [6, 6.07) is 16.7. The van der Waals surface area contributed by atoms with Crippen molar-refractivity contribution in [3.8, 4) is 11.4 Å². The van der Waals surface area contributed by atoms with Gasteiger partial charge in [0.25, 0.3) is 0 Å². The lowest BCUT2D eigenvalue weighted by Crippen LogP contribution is -2.40. The minimum absolute atomic E-state index is 0.0880. The lowest BCUT2D eigenvalue weighted by molar-refractivity contribution is -0.116. The van der Waals surface area contributed by atoms with E-state index in [0.29, 0.717) is 12.4 Å². The standard InChI is InChI=1S/C27H35N5O3/c1-7-19-11-9-10-12-22(19)28-26(34)31(8-2)18-25(33)29-24-17-23(27(3,4)5)30-32(24)20-13-15-21(35-6)16-14-20/h9-17H,7-8,18H2,1-6H3,(H,28,34)(H,29,33). The molecule has 1 heterocycles. The molecule has 0 aliphatic carbocycles. The van der Waals surface area contributed by atoms with E-state index in [4.69, 9.17) is 9.84 Å². The van der Waals surface area contributed by atoms with E-state index in [1.807, 2.05) is 68.4 Å². The number of para-hydroxylation sites is 1. The Kier molecular flexibility index (Phi) is 8.17. The van der Waals surface area contributed by atoms with Gasteiger partial charge in [-0.2, -0.15) is 5.10 Å². The quantitative estimate of drug-likeness (QED) is 0.465. The zero-order valence-electron chi connectivity index (χ0n) is 21.4. The molecule has 8 nitrogen and oxygen atoms in total. The minimum Gasteiger partial charge on any atom is -0.497 e. The second-order valence-corrected chi connectivity index (χ2v) is 9.28. The van der Waals surface area contributed by atoms with E-state index in [9.17, 15) is 9.59 Å². The number of aryl methyl sites for hydroxylation is 1. The van der Waals surface area contributed by atoms with Crippen molar-refractivity contribution in [3.05, 3.63) is 65.9 Å². The molecular formula is C27H35N5O3. The third-order valence-electron chi connectivity index (χ3n) is 5.71. The van der Waals surface area contributed by atoms with Crippen molar-refractivity contribution in [2.45, 2.75) is 46.5 Å². The molecule has 2 aromatic carbocycles. The van der Waals surface area contributed by atoms with E-state index in [1.54, 1.807) is 11.8 Å². The average molecular weight is 478 g/mol. The zero-order chi connectivity index (χ0) is 25.6. The second kappa shape index (κ2) is 11.1. The normalized spacial score (nSPS) is 11.1. The third kappa shape index (κ3) is 6.41. The molecule has 0 saturated carbocycles. The Bertz CT molecular complexity index is 1160. The molecule has 0 fully saturated rings. The molecular weight excluding hydrogens is 442 g/mol. The van der Waals surface area contributed by atoms with Gasteiger partial charge in [-0.05, 0) is 49.2 Å². The van der Waals surface area contributed by atoms with E-state index in [-0.39, 0.29) is 23.9 Å². The zero-order valence-corrected chi connectivity index (χ0v) is 21.4. The highest BCUT2D eigenvalue weighted by atomic mass is 16.5. The number of rotatable bonds is 8. The number of likely N-dealkylation sites (N-methyl/N-ethyl adjacent to an activating group) is 1. The molecule has 0 radical (unpaired) electrons. The Morgan fingerprint density at radius 2 is 1.71 bits per heavy atom. The van der Waals surface area contributed by atoms with Crippen LogP contribution in [0.2, 0.25) is 0 Å². The summed E-state index contributed by atoms with van der Waals surface area (Å²) in [6.45, 7) is 10.4. The van der Waals surface area contributed by atoms with Gasteiger partial charge in [-0.15, -0.1) is 0 Å². The van der Waals surface area contributed by atoms with Crippen LogP contribution >= 0.6 is 0 Å². The van der Waals surface area contributed by atoms with E-state index in [2.05, 4.69) is 31.4 Å². The number of anilines is 2. The molecule has 0 unspecified atom stereocenters. The molecule has 2 N–H and O–H groups in total. The average Bonchev–Trinajstić information content (AvgIpc) is 3.27. The molecule has 0 aliphatic heterocycles. The number of methoxy groups -OCH3 is 1. The van der Waals surface area contributed by atoms with Crippen LogP contribution in [-0.2, 0) is 16.6 Å². The number of ether oxygens (including phenoxy) is 1. The molecule has 0 atom stereocenters. The summed E-state index contributed by atoms with van der Waals surface area (Å²) in [5, 5.41) is 10.6. The van der Waals surface area contributed by atoms with Crippen LogP contribution in [0.4, 0.5) is 16.3 Å². The first-order chi connectivity index (χ1) is 16.7. The number of hydrogen-bond donors (Lipinski definition) is 2. The molecule has 3 amide bonds. The summed E-state index contributed by atoms with van der Waals surface area (Å²) in [6.07, 6.45) is 0.800. The van der Waals surface area contributed by atoms with E-state index >= 15 is 0 Å².